The molecule has 3 aromatic rings. The number of fused-ring (bicyclic) bond motifs is 1. The monoisotopic (exact) mass is 591 g/mol. The molecule has 11 heteroatoms. The summed E-state index contributed by atoms with van der Waals surface area (Å²) in [6, 6.07) is 6.04. The van der Waals surface area contributed by atoms with Crippen LogP contribution in [-0.2, 0) is 25.9 Å². The normalized spacial score (nSPS) is 12.5. The number of unbranched alkanes of at least 4 members (excludes halogenated alkanes) is 2. The van der Waals surface area contributed by atoms with Gasteiger partial charge in [0.05, 0.1) is 18.1 Å². The molecule has 1 aromatic heterocycles. The molecule has 0 aliphatic heterocycles. The third-order valence-corrected chi connectivity index (χ3v) is 6.55. The molecule has 8 nitrogen and oxygen atoms in total. The maximum Gasteiger partial charge on any atom is 0.416 e. The minimum absolute atomic E-state index is 0.00761. The third kappa shape index (κ3) is 9.60. The highest BCUT2D eigenvalue weighted by Crippen LogP contribution is 2.38. The summed E-state index contributed by atoms with van der Waals surface area (Å²) in [5, 5.41) is 28.4. The van der Waals surface area contributed by atoms with Crippen molar-refractivity contribution in [1.82, 2.24) is 15.0 Å². The zero-order valence-corrected chi connectivity index (χ0v) is 25.0. The van der Waals surface area contributed by atoms with Crippen molar-refractivity contribution in [2.45, 2.75) is 84.7 Å². The number of esters is 1. The number of nitrogens with zero attached hydrogens (tertiary/aromatic N) is 3. The maximum absolute atomic E-state index is 13.0. The minimum atomic E-state index is -4.52. The van der Waals surface area contributed by atoms with E-state index in [2.05, 4.69) is 30.6 Å². The fourth-order valence-corrected chi connectivity index (χ4v) is 4.02. The summed E-state index contributed by atoms with van der Waals surface area (Å²) in [5.41, 5.74) is -0.152. The number of alkyl halides is 3. The lowest BCUT2D eigenvalue weighted by Crippen LogP contribution is -2.16. The highest BCUT2D eigenvalue weighted by molar-refractivity contribution is 5.81. The molecule has 1 unspecified atom stereocenters. The first kappa shape index (κ1) is 34.3. The van der Waals surface area contributed by atoms with Gasteiger partial charge in [-0.05, 0) is 54.5 Å². The molecule has 2 N–H and O–H groups in total. The van der Waals surface area contributed by atoms with Crippen LogP contribution in [-0.4, -0.2) is 43.8 Å². The molecule has 0 saturated carbocycles. The molecule has 230 valence electrons. The number of aromatic hydroxyl groups is 1. The van der Waals surface area contributed by atoms with Crippen molar-refractivity contribution in [1.29, 1.82) is 0 Å². The summed E-state index contributed by atoms with van der Waals surface area (Å²) in [6.07, 6.45) is 1.28. The Kier molecular flexibility index (Phi) is 11.7. The number of carbonyl (C=O) groups is 2. The average Bonchev–Trinajstić information content (AvgIpc) is 3.32. The number of aliphatic carboxylic acids is 1. The Morgan fingerprint density at radius 2 is 1.67 bits per heavy atom. The minimum Gasteiger partial charge on any atom is -0.505 e. The van der Waals surface area contributed by atoms with Gasteiger partial charge < -0.3 is 14.9 Å². The van der Waals surface area contributed by atoms with Crippen LogP contribution in [0.5, 0.6) is 5.75 Å². The van der Waals surface area contributed by atoms with Crippen LogP contribution in [0, 0.1) is 5.92 Å². The molecule has 0 aliphatic carbocycles. The zero-order valence-electron chi connectivity index (χ0n) is 25.0. The number of carboxylic acid groups (broad SMARTS) is 1. The summed E-state index contributed by atoms with van der Waals surface area (Å²) >= 11 is 0. The number of carboxylic acids is 1. The quantitative estimate of drug-likeness (QED) is 0.142. The van der Waals surface area contributed by atoms with E-state index in [1.165, 1.54) is 38.0 Å². The summed E-state index contributed by atoms with van der Waals surface area (Å²) in [5.74, 6) is -1.61. The molecular formula is C31H40F3N3O5. The van der Waals surface area contributed by atoms with Crippen molar-refractivity contribution in [2.24, 2.45) is 5.92 Å². The highest BCUT2D eigenvalue weighted by atomic mass is 19.4. The van der Waals surface area contributed by atoms with Crippen molar-refractivity contribution < 1.29 is 37.7 Å². The predicted octanol–water partition coefficient (Wildman–Crippen LogP) is 7.56. The Hall–Kier alpha value is -3.89. The van der Waals surface area contributed by atoms with Gasteiger partial charge >= 0.3 is 18.1 Å². The van der Waals surface area contributed by atoms with Gasteiger partial charge in [0, 0.05) is 11.6 Å². The fourth-order valence-electron chi connectivity index (χ4n) is 4.02. The van der Waals surface area contributed by atoms with Gasteiger partial charge in [-0.15, -0.1) is 15.0 Å². The van der Waals surface area contributed by atoms with Crippen molar-refractivity contribution in [2.75, 3.05) is 6.61 Å². The van der Waals surface area contributed by atoms with E-state index >= 15 is 0 Å². The van der Waals surface area contributed by atoms with E-state index in [0.29, 0.717) is 17.7 Å². The number of carbonyl (C=O) groups excluding carboxylic acids is 1. The van der Waals surface area contributed by atoms with Gasteiger partial charge in [0.15, 0.2) is 0 Å². The summed E-state index contributed by atoms with van der Waals surface area (Å²) in [6.45, 7) is 15.4. The Bertz CT molecular complexity index is 1390. The van der Waals surface area contributed by atoms with E-state index in [4.69, 9.17) is 4.74 Å². The lowest BCUT2D eigenvalue weighted by Gasteiger charge is -2.23. The average molecular weight is 592 g/mol. The number of benzene rings is 2. The molecule has 3 rings (SSSR count). The predicted molar refractivity (Wildman–Crippen MR) is 155 cm³/mol. The van der Waals surface area contributed by atoms with Gasteiger partial charge in [0.1, 0.15) is 22.5 Å². The summed E-state index contributed by atoms with van der Waals surface area (Å²) < 4.78 is 43.7. The van der Waals surface area contributed by atoms with Crippen molar-refractivity contribution in [3.05, 3.63) is 59.7 Å². The molecule has 0 fully saturated rings. The molecule has 42 heavy (non-hydrogen) atoms. The number of rotatable bonds is 10. The SMILES string of the molecule is C=CC(=O)OCCCCCC(C)C.CC(C(=O)O)c1cc(-n2nc3ccc(C(F)(F)F)cc3n2)c(O)c(C(C)(C)C)c1. The molecule has 1 heterocycles. The Morgan fingerprint density at radius 1 is 1.02 bits per heavy atom. The number of ether oxygens (including phenoxy) is 1. The van der Waals surface area contributed by atoms with Crippen LogP contribution in [0.3, 0.4) is 0 Å². The number of phenols is 1. The van der Waals surface area contributed by atoms with Crippen LogP contribution in [0.4, 0.5) is 13.2 Å². The van der Waals surface area contributed by atoms with Gasteiger partial charge in [0.25, 0.3) is 0 Å². The van der Waals surface area contributed by atoms with E-state index in [0.717, 1.165) is 35.7 Å². The zero-order chi connectivity index (χ0) is 31.8. The summed E-state index contributed by atoms with van der Waals surface area (Å²) in [4.78, 5) is 23.1. The molecule has 0 aliphatic rings. The molecule has 0 radical (unpaired) electrons. The van der Waals surface area contributed by atoms with Crippen LogP contribution >= 0.6 is 0 Å². The van der Waals surface area contributed by atoms with Crippen molar-refractivity contribution in [3.8, 4) is 11.4 Å². The molecule has 0 saturated heterocycles. The van der Waals surface area contributed by atoms with Crippen molar-refractivity contribution in [3.63, 3.8) is 0 Å². The van der Waals surface area contributed by atoms with Gasteiger partial charge in [-0.3, -0.25) is 4.79 Å². The summed E-state index contributed by atoms with van der Waals surface area (Å²) in [7, 11) is 0. The Morgan fingerprint density at radius 3 is 2.21 bits per heavy atom. The maximum atomic E-state index is 13.0. The van der Waals surface area contributed by atoms with Crippen LogP contribution in [0.2, 0.25) is 0 Å². The molecule has 2 aromatic carbocycles. The standard InChI is InChI=1S/C20H20F3N3O3.C11H20O2/c1-10(18(28)29)11-7-13(19(2,3)4)17(27)16(8-11)26-24-14-6-5-12(20(21,22)23)9-15(14)25-26;1-4-11(12)13-9-7-5-6-8-10(2)3/h5-10,27H,1-4H3,(H,28,29);4,10H,1,5-9H2,2-3H3. The first-order valence-electron chi connectivity index (χ1n) is 13.8. The van der Waals surface area contributed by atoms with Gasteiger partial charge in [-0.25, -0.2) is 4.79 Å². The van der Waals surface area contributed by atoms with Crippen LogP contribution < -0.4 is 0 Å². The Balaban J connectivity index is 0.000000401. The topological polar surface area (TPSA) is 115 Å². The van der Waals surface area contributed by atoms with Crippen LogP contribution in [0.1, 0.15) is 89.8 Å². The van der Waals surface area contributed by atoms with Gasteiger partial charge in [-0.2, -0.15) is 13.2 Å². The lowest BCUT2D eigenvalue weighted by atomic mass is 9.83. The van der Waals surface area contributed by atoms with E-state index < -0.39 is 29.0 Å². The van der Waals surface area contributed by atoms with Crippen LogP contribution in [0.25, 0.3) is 16.7 Å². The molecular weight excluding hydrogens is 551 g/mol. The second-order valence-electron chi connectivity index (χ2n) is 11.6. The van der Waals surface area contributed by atoms with E-state index in [1.54, 1.807) is 6.07 Å². The van der Waals surface area contributed by atoms with Gasteiger partial charge in [-0.1, -0.05) is 66.5 Å². The lowest BCUT2D eigenvalue weighted by molar-refractivity contribution is -0.139. The third-order valence-electron chi connectivity index (χ3n) is 6.55. The fraction of sp³-hybridized carbons (Fsp3) is 0.484. The first-order chi connectivity index (χ1) is 19.4. The second-order valence-corrected chi connectivity index (χ2v) is 11.6. The first-order valence-corrected chi connectivity index (χ1v) is 13.8. The number of hydrogen-bond donors (Lipinski definition) is 2. The molecule has 0 bridgehead atoms. The number of hydrogen-bond acceptors (Lipinski definition) is 6. The van der Waals surface area contributed by atoms with Crippen LogP contribution in [0.15, 0.2) is 43.0 Å². The van der Waals surface area contributed by atoms with Gasteiger partial charge in [0.2, 0.25) is 0 Å². The molecule has 0 amide bonds. The highest BCUT2D eigenvalue weighted by Gasteiger charge is 2.31. The van der Waals surface area contributed by atoms with Crippen molar-refractivity contribution >= 4 is 23.0 Å². The number of halogens is 3. The molecule has 0 spiro atoms. The van der Waals surface area contributed by atoms with E-state index in [9.17, 15) is 33.0 Å². The Labute approximate surface area is 244 Å². The number of aromatic nitrogens is 3. The largest absolute Gasteiger partial charge is 0.505 e. The smallest absolute Gasteiger partial charge is 0.416 e. The van der Waals surface area contributed by atoms with E-state index in [1.807, 2.05) is 20.8 Å². The number of phenolic OH excluding ortho intramolecular Hbond substituents is 1. The second kappa shape index (κ2) is 14.3. The molecule has 1 atom stereocenters. The van der Waals surface area contributed by atoms with E-state index in [-0.39, 0.29) is 28.4 Å².